The van der Waals surface area contributed by atoms with Crippen LogP contribution in [0.5, 0.6) is 0 Å². The van der Waals surface area contributed by atoms with Gasteiger partial charge in [0.2, 0.25) is 0 Å². The van der Waals surface area contributed by atoms with Crippen molar-refractivity contribution >= 4 is 5.69 Å². The Morgan fingerprint density at radius 3 is 2.73 bits per heavy atom. The molecule has 1 aromatic carbocycles. The summed E-state index contributed by atoms with van der Waals surface area (Å²) in [5.41, 5.74) is 1.70. The Hall–Kier alpha value is -1.09. The predicted octanol–water partition coefficient (Wildman–Crippen LogP) is 2.46. The normalized spacial score (nSPS) is 16.9. The second-order valence-electron chi connectivity index (χ2n) is 4.01. The molecule has 1 aromatic rings. The molecule has 15 heavy (non-hydrogen) atoms. The quantitative estimate of drug-likeness (QED) is 0.821. The lowest BCUT2D eigenvalue weighted by Crippen LogP contribution is -2.19. The number of hydrogen-bond acceptors (Lipinski definition) is 2. The molecule has 82 valence electrons. The summed E-state index contributed by atoms with van der Waals surface area (Å²) in [4.78, 5) is 2.37. The summed E-state index contributed by atoms with van der Waals surface area (Å²) in [6, 6.07) is 5.27. The zero-order valence-corrected chi connectivity index (χ0v) is 9.09. The van der Waals surface area contributed by atoms with Gasteiger partial charge in [0.05, 0.1) is 5.69 Å². The Labute approximate surface area is 90.1 Å². The molecule has 1 saturated heterocycles. The smallest absolute Gasteiger partial charge is 0.146 e. The van der Waals surface area contributed by atoms with Gasteiger partial charge in [-0.3, -0.25) is 4.90 Å². The minimum atomic E-state index is -0.158. The molecule has 0 spiro atoms. The summed E-state index contributed by atoms with van der Waals surface area (Å²) in [5.74, 6) is -0.158. The molecule has 0 atom stereocenters. The number of halogens is 1. The van der Waals surface area contributed by atoms with E-state index in [4.69, 9.17) is 0 Å². The number of hydrogen-bond donors (Lipinski definition) is 1. The van der Waals surface area contributed by atoms with Crippen LogP contribution in [0, 0.1) is 5.82 Å². The standard InChI is InChI=1S/C12H17FN2/c1-14-12-10(5-4-6-11(12)13)9-15-7-2-3-8-15/h4-6,14H,2-3,7-9H2,1H3. The van der Waals surface area contributed by atoms with E-state index in [9.17, 15) is 4.39 Å². The van der Waals surface area contributed by atoms with Crippen LogP contribution in [0.3, 0.4) is 0 Å². The molecule has 3 heteroatoms. The van der Waals surface area contributed by atoms with Gasteiger partial charge in [0.25, 0.3) is 0 Å². The summed E-state index contributed by atoms with van der Waals surface area (Å²) in [6.07, 6.45) is 2.54. The first-order chi connectivity index (χ1) is 7.31. The molecule has 0 aliphatic carbocycles. The van der Waals surface area contributed by atoms with Crippen molar-refractivity contribution in [2.75, 3.05) is 25.5 Å². The Kier molecular flexibility index (Phi) is 3.21. The van der Waals surface area contributed by atoms with Crippen molar-refractivity contribution in [1.29, 1.82) is 0 Å². The van der Waals surface area contributed by atoms with Crippen LogP contribution in [-0.4, -0.2) is 25.0 Å². The maximum Gasteiger partial charge on any atom is 0.146 e. The van der Waals surface area contributed by atoms with Gasteiger partial charge in [0.15, 0.2) is 0 Å². The van der Waals surface area contributed by atoms with Gasteiger partial charge in [-0.15, -0.1) is 0 Å². The number of nitrogens with one attached hydrogen (secondary N) is 1. The topological polar surface area (TPSA) is 15.3 Å². The maximum atomic E-state index is 13.4. The monoisotopic (exact) mass is 208 g/mol. The van der Waals surface area contributed by atoms with Gasteiger partial charge in [0.1, 0.15) is 5.82 Å². The van der Waals surface area contributed by atoms with Crippen molar-refractivity contribution < 1.29 is 4.39 Å². The van der Waals surface area contributed by atoms with E-state index < -0.39 is 0 Å². The van der Waals surface area contributed by atoms with Crippen LogP contribution in [0.15, 0.2) is 18.2 Å². The Morgan fingerprint density at radius 2 is 2.07 bits per heavy atom. The van der Waals surface area contributed by atoms with Gasteiger partial charge >= 0.3 is 0 Å². The van der Waals surface area contributed by atoms with Crippen molar-refractivity contribution in [1.82, 2.24) is 4.90 Å². The second kappa shape index (κ2) is 4.62. The fourth-order valence-electron chi connectivity index (χ4n) is 2.16. The molecule has 1 heterocycles. The van der Waals surface area contributed by atoms with Crippen LogP contribution in [0.4, 0.5) is 10.1 Å². The zero-order chi connectivity index (χ0) is 10.7. The first kappa shape index (κ1) is 10.4. The van der Waals surface area contributed by atoms with E-state index in [0.717, 1.165) is 25.2 Å². The van der Waals surface area contributed by atoms with Gasteiger partial charge in [-0.1, -0.05) is 12.1 Å². The van der Waals surface area contributed by atoms with E-state index in [-0.39, 0.29) is 5.82 Å². The molecular formula is C12H17FN2. The van der Waals surface area contributed by atoms with Crippen LogP contribution >= 0.6 is 0 Å². The van der Waals surface area contributed by atoms with Crippen LogP contribution in [-0.2, 0) is 6.54 Å². The number of likely N-dealkylation sites (tertiary alicyclic amines) is 1. The molecule has 0 aromatic heterocycles. The van der Waals surface area contributed by atoms with Crippen molar-refractivity contribution in [3.05, 3.63) is 29.6 Å². The summed E-state index contributed by atoms with van der Waals surface area (Å²) in [5, 5.41) is 2.94. The van der Waals surface area contributed by atoms with E-state index in [2.05, 4.69) is 10.2 Å². The van der Waals surface area contributed by atoms with E-state index in [1.807, 2.05) is 6.07 Å². The average Bonchev–Trinajstić information content (AvgIpc) is 2.71. The third-order valence-electron chi connectivity index (χ3n) is 2.94. The first-order valence-corrected chi connectivity index (χ1v) is 5.49. The lowest BCUT2D eigenvalue weighted by molar-refractivity contribution is 0.331. The molecule has 1 fully saturated rings. The second-order valence-corrected chi connectivity index (χ2v) is 4.01. The largest absolute Gasteiger partial charge is 0.385 e. The highest BCUT2D eigenvalue weighted by molar-refractivity contribution is 5.51. The van der Waals surface area contributed by atoms with Crippen molar-refractivity contribution in [2.24, 2.45) is 0 Å². The van der Waals surface area contributed by atoms with Gasteiger partial charge < -0.3 is 5.32 Å². The van der Waals surface area contributed by atoms with Crippen molar-refractivity contribution in [2.45, 2.75) is 19.4 Å². The molecule has 0 bridgehead atoms. The highest BCUT2D eigenvalue weighted by Crippen LogP contribution is 2.22. The first-order valence-electron chi connectivity index (χ1n) is 5.49. The predicted molar refractivity (Wildman–Crippen MR) is 60.5 cm³/mol. The van der Waals surface area contributed by atoms with Gasteiger partial charge in [-0.25, -0.2) is 4.39 Å². The Bertz CT molecular complexity index is 332. The fraction of sp³-hybridized carbons (Fsp3) is 0.500. The molecule has 0 saturated carbocycles. The number of nitrogens with zero attached hydrogens (tertiary/aromatic N) is 1. The number of benzene rings is 1. The molecule has 1 aliphatic rings. The summed E-state index contributed by atoms with van der Waals surface area (Å²) in [6.45, 7) is 3.13. The number of anilines is 1. The van der Waals surface area contributed by atoms with E-state index in [1.165, 1.54) is 18.9 Å². The minimum Gasteiger partial charge on any atom is -0.385 e. The van der Waals surface area contributed by atoms with Crippen LogP contribution < -0.4 is 5.32 Å². The third-order valence-corrected chi connectivity index (χ3v) is 2.94. The molecule has 0 unspecified atom stereocenters. The average molecular weight is 208 g/mol. The lowest BCUT2D eigenvalue weighted by atomic mass is 10.1. The van der Waals surface area contributed by atoms with E-state index >= 15 is 0 Å². The van der Waals surface area contributed by atoms with Gasteiger partial charge in [-0.2, -0.15) is 0 Å². The summed E-state index contributed by atoms with van der Waals surface area (Å²) >= 11 is 0. The third kappa shape index (κ3) is 2.29. The van der Waals surface area contributed by atoms with E-state index in [1.54, 1.807) is 13.1 Å². The minimum absolute atomic E-state index is 0.158. The van der Waals surface area contributed by atoms with Gasteiger partial charge in [0, 0.05) is 13.6 Å². The Balaban J connectivity index is 2.15. The number of para-hydroxylation sites is 1. The molecular weight excluding hydrogens is 191 g/mol. The van der Waals surface area contributed by atoms with Crippen LogP contribution in [0.25, 0.3) is 0 Å². The van der Waals surface area contributed by atoms with Crippen molar-refractivity contribution in [3.8, 4) is 0 Å². The highest BCUT2D eigenvalue weighted by Gasteiger charge is 2.14. The van der Waals surface area contributed by atoms with Gasteiger partial charge in [-0.05, 0) is 37.6 Å². The maximum absolute atomic E-state index is 13.4. The Morgan fingerprint density at radius 1 is 1.33 bits per heavy atom. The highest BCUT2D eigenvalue weighted by atomic mass is 19.1. The molecule has 0 amide bonds. The van der Waals surface area contributed by atoms with Crippen LogP contribution in [0.1, 0.15) is 18.4 Å². The molecule has 0 radical (unpaired) electrons. The summed E-state index contributed by atoms with van der Waals surface area (Å²) < 4.78 is 13.4. The molecule has 1 N–H and O–H groups in total. The zero-order valence-electron chi connectivity index (χ0n) is 9.09. The van der Waals surface area contributed by atoms with E-state index in [0.29, 0.717) is 5.69 Å². The van der Waals surface area contributed by atoms with Crippen molar-refractivity contribution in [3.63, 3.8) is 0 Å². The summed E-state index contributed by atoms with van der Waals surface area (Å²) in [7, 11) is 1.77. The lowest BCUT2D eigenvalue weighted by Gasteiger charge is -2.17. The molecule has 2 rings (SSSR count). The molecule has 2 nitrogen and oxygen atoms in total. The molecule has 1 aliphatic heterocycles. The van der Waals surface area contributed by atoms with Crippen LogP contribution in [0.2, 0.25) is 0 Å². The SMILES string of the molecule is CNc1c(F)cccc1CN1CCCC1. The fourth-order valence-corrected chi connectivity index (χ4v) is 2.16. The number of rotatable bonds is 3.